The molecule has 6 heteroatoms. The third kappa shape index (κ3) is 3.71. The summed E-state index contributed by atoms with van der Waals surface area (Å²) in [7, 11) is 3.97. The molecule has 1 saturated carbocycles. The average Bonchev–Trinajstić information content (AvgIpc) is 3.15. The van der Waals surface area contributed by atoms with E-state index in [9.17, 15) is 0 Å². The standard InChI is InChI=1S/C14H18N4S2/c1-18(2)13-16-17-14(20-13)19-12-7-3-10(4-8-12)9-15-11-5-6-11/h3-4,7-8,11,15H,5-6,9H2,1-2H3. The number of hydrogen-bond acceptors (Lipinski definition) is 6. The molecule has 4 nitrogen and oxygen atoms in total. The Bertz CT molecular complexity index is 561. The highest BCUT2D eigenvalue weighted by atomic mass is 32.2. The first-order valence-corrected chi connectivity index (χ1v) is 8.35. The van der Waals surface area contributed by atoms with Crippen LogP contribution in [-0.2, 0) is 6.54 Å². The van der Waals surface area contributed by atoms with Gasteiger partial charge < -0.3 is 10.2 Å². The van der Waals surface area contributed by atoms with Crippen LogP contribution in [0.4, 0.5) is 5.13 Å². The molecule has 0 radical (unpaired) electrons. The Kier molecular flexibility index (Phi) is 4.24. The molecule has 0 spiro atoms. The molecular formula is C14H18N4S2. The van der Waals surface area contributed by atoms with E-state index in [1.54, 1.807) is 23.1 Å². The van der Waals surface area contributed by atoms with Crippen LogP contribution in [0.1, 0.15) is 18.4 Å². The van der Waals surface area contributed by atoms with Crippen LogP contribution in [0.2, 0.25) is 0 Å². The molecule has 1 aliphatic carbocycles. The van der Waals surface area contributed by atoms with E-state index in [2.05, 4.69) is 39.8 Å². The summed E-state index contributed by atoms with van der Waals surface area (Å²) < 4.78 is 0.984. The number of hydrogen-bond donors (Lipinski definition) is 1. The SMILES string of the molecule is CN(C)c1nnc(Sc2ccc(CNC3CC3)cc2)s1. The Morgan fingerprint density at radius 2 is 2.00 bits per heavy atom. The van der Waals surface area contributed by atoms with Crippen molar-refractivity contribution in [1.29, 1.82) is 0 Å². The summed E-state index contributed by atoms with van der Waals surface area (Å²) in [5.41, 5.74) is 1.34. The van der Waals surface area contributed by atoms with E-state index in [4.69, 9.17) is 0 Å². The summed E-state index contributed by atoms with van der Waals surface area (Å²) in [4.78, 5) is 3.19. The number of nitrogens with zero attached hydrogens (tertiary/aromatic N) is 3. The van der Waals surface area contributed by atoms with Gasteiger partial charge in [-0.2, -0.15) is 0 Å². The van der Waals surface area contributed by atoms with E-state index in [-0.39, 0.29) is 0 Å². The van der Waals surface area contributed by atoms with Crippen LogP contribution in [0.3, 0.4) is 0 Å². The second-order valence-corrected chi connectivity index (χ2v) is 7.42. The maximum absolute atomic E-state index is 4.20. The minimum absolute atomic E-state index is 0.759. The first kappa shape index (κ1) is 13.9. The van der Waals surface area contributed by atoms with E-state index in [0.717, 1.165) is 22.1 Å². The Hall–Kier alpha value is -1.11. The normalized spacial score (nSPS) is 14.5. The monoisotopic (exact) mass is 306 g/mol. The fourth-order valence-corrected chi connectivity index (χ4v) is 3.49. The van der Waals surface area contributed by atoms with E-state index in [1.807, 2.05) is 19.0 Å². The molecule has 1 heterocycles. The lowest BCUT2D eigenvalue weighted by Gasteiger charge is -2.04. The summed E-state index contributed by atoms with van der Waals surface area (Å²) in [5, 5.41) is 12.8. The highest BCUT2D eigenvalue weighted by molar-refractivity contribution is 8.01. The number of benzene rings is 1. The van der Waals surface area contributed by atoms with Gasteiger partial charge in [-0.15, -0.1) is 10.2 Å². The van der Waals surface area contributed by atoms with Gasteiger partial charge in [0, 0.05) is 31.6 Å². The first-order valence-electron chi connectivity index (χ1n) is 6.72. The Balaban J connectivity index is 1.58. The fraction of sp³-hybridized carbons (Fsp3) is 0.429. The van der Waals surface area contributed by atoms with Crippen LogP contribution in [0.5, 0.6) is 0 Å². The molecule has 1 aromatic heterocycles. The van der Waals surface area contributed by atoms with Gasteiger partial charge in [0.05, 0.1) is 0 Å². The van der Waals surface area contributed by atoms with Crippen molar-refractivity contribution >= 4 is 28.2 Å². The van der Waals surface area contributed by atoms with Gasteiger partial charge in [0.15, 0.2) is 4.34 Å². The van der Waals surface area contributed by atoms with Crippen LogP contribution in [0.15, 0.2) is 33.5 Å². The van der Waals surface area contributed by atoms with E-state index in [0.29, 0.717) is 0 Å². The molecule has 1 fully saturated rings. The lowest BCUT2D eigenvalue weighted by Crippen LogP contribution is -2.14. The van der Waals surface area contributed by atoms with Crippen molar-refractivity contribution in [2.45, 2.75) is 34.7 Å². The van der Waals surface area contributed by atoms with Crippen molar-refractivity contribution in [1.82, 2.24) is 15.5 Å². The quantitative estimate of drug-likeness (QED) is 0.888. The minimum atomic E-state index is 0.759. The summed E-state index contributed by atoms with van der Waals surface area (Å²) in [6, 6.07) is 9.45. The van der Waals surface area contributed by atoms with Gasteiger partial charge in [0.2, 0.25) is 5.13 Å². The zero-order valence-corrected chi connectivity index (χ0v) is 13.3. The molecular weight excluding hydrogens is 288 g/mol. The molecule has 1 aromatic carbocycles. The molecule has 3 rings (SSSR count). The number of rotatable bonds is 6. The summed E-state index contributed by atoms with van der Waals surface area (Å²) in [5.74, 6) is 0. The van der Waals surface area contributed by atoms with Crippen molar-refractivity contribution in [2.24, 2.45) is 0 Å². The minimum Gasteiger partial charge on any atom is -0.353 e. The highest BCUT2D eigenvalue weighted by Crippen LogP contribution is 2.32. The predicted octanol–water partition coefficient (Wildman–Crippen LogP) is 3.01. The predicted molar refractivity (Wildman–Crippen MR) is 84.7 cm³/mol. The van der Waals surface area contributed by atoms with Gasteiger partial charge in [0.25, 0.3) is 0 Å². The molecule has 2 aromatic rings. The Morgan fingerprint density at radius 1 is 1.25 bits per heavy atom. The van der Waals surface area contributed by atoms with Crippen LogP contribution in [0.25, 0.3) is 0 Å². The van der Waals surface area contributed by atoms with E-state index in [1.165, 1.54) is 23.3 Å². The number of nitrogens with one attached hydrogen (secondary N) is 1. The second-order valence-electron chi connectivity index (χ2n) is 5.15. The largest absolute Gasteiger partial charge is 0.353 e. The smallest absolute Gasteiger partial charge is 0.208 e. The Labute approximate surface area is 127 Å². The first-order chi connectivity index (χ1) is 9.70. The van der Waals surface area contributed by atoms with Crippen molar-refractivity contribution in [2.75, 3.05) is 19.0 Å². The van der Waals surface area contributed by atoms with Gasteiger partial charge in [-0.25, -0.2) is 0 Å². The summed E-state index contributed by atoms with van der Waals surface area (Å²) in [6.45, 7) is 0.971. The fourth-order valence-electron chi connectivity index (χ4n) is 1.75. The van der Waals surface area contributed by atoms with Gasteiger partial charge in [-0.3, -0.25) is 0 Å². The van der Waals surface area contributed by atoms with E-state index < -0.39 is 0 Å². The molecule has 1 N–H and O–H groups in total. The highest BCUT2D eigenvalue weighted by Gasteiger charge is 2.19. The van der Waals surface area contributed by atoms with Crippen molar-refractivity contribution in [3.63, 3.8) is 0 Å². The average molecular weight is 306 g/mol. The molecule has 20 heavy (non-hydrogen) atoms. The molecule has 0 atom stereocenters. The topological polar surface area (TPSA) is 41.1 Å². The Morgan fingerprint density at radius 3 is 2.60 bits per heavy atom. The van der Waals surface area contributed by atoms with Gasteiger partial charge in [-0.05, 0) is 30.5 Å². The van der Waals surface area contributed by atoms with Crippen molar-refractivity contribution < 1.29 is 0 Å². The van der Waals surface area contributed by atoms with Gasteiger partial charge in [-0.1, -0.05) is 35.2 Å². The molecule has 0 unspecified atom stereocenters. The van der Waals surface area contributed by atoms with Gasteiger partial charge in [0.1, 0.15) is 0 Å². The molecule has 0 bridgehead atoms. The summed E-state index contributed by atoms with van der Waals surface area (Å²) >= 11 is 3.29. The van der Waals surface area contributed by atoms with Crippen LogP contribution in [-0.4, -0.2) is 30.3 Å². The molecule has 1 aliphatic rings. The van der Waals surface area contributed by atoms with Crippen LogP contribution in [0, 0.1) is 0 Å². The zero-order chi connectivity index (χ0) is 13.9. The van der Waals surface area contributed by atoms with Crippen LogP contribution < -0.4 is 10.2 Å². The molecule has 0 amide bonds. The van der Waals surface area contributed by atoms with E-state index >= 15 is 0 Å². The zero-order valence-electron chi connectivity index (χ0n) is 11.7. The molecule has 0 aliphatic heterocycles. The maximum Gasteiger partial charge on any atom is 0.208 e. The summed E-state index contributed by atoms with van der Waals surface area (Å²) in [6.07, 6.45) is 2.67. The van der Waals surface area contributed by atoms with Crippen LogP contribution >= 0.6 is 23.1 Å². The number of anilines is 1. The van der Waals surface area contributed by atoms with Crippen molar-refractivity contribution in [3.8, 4) is 0 Å². The molecule has 106 valence electrons. The van der Waals surface area contributed by atoms with Gasteiger partial charge >= 0.3 is 0 Å². The third-order valence-corrected chi connectivity index (χ3v) is 5.23. The lowest BCUT2D eigenvalue weighted by atomic mass is 10.2. The second kappa shape index (κ2) is 6.11. The maximum atomic E-state index is 4.20. The third-order valence-electron chi connectivity index (χ3n) is 3.08. The van der Waals surface area contributed by atoms with Crippen molar-refractivity contribution in [3.05, 3.63) is 29.8 Å². The lowest BCUT2D eigenvalue weighted by molar-refractivity contribution is 0.687. The molecule has 0 saturated heterocycles. The number of aromatic nitrogens is 2.